The summed E-state index contributed by atoms with van der Waals surface area (Å²) in [6.07, 6.45) is 4.60. The average Bonchev–Trinajstić information content (AvgIpc) is 2.46. The van der Waals surface area contributed by atoms with Crippen molar-refractivity contribution in [2.24, 2.45) is 5.92 Å². The minimum atomic E-state index is -0.125. The lowest BCUT2D eigenvalue weighted by molar-refractivity contribution is 0.0684. The predicted molar refractivity (Wildman–Crippen MR) is 86.6 cm³/mol. The summed E-state index contributed by atoms with van der Waals surface area (Å²) < 4.78 is 5.66. The molecule has 2 rings (SSSR count). The highest BCUT2D eigenvalue weighted by Crippen LogP contribution is 2.25. The molecule has 1 aromatic carbocycles. The first-order valence-electron chi connectivity index (χ1n) is 8.24. The van der Waals surface area contributed by atoms with E-state index in [1.54, 1.807) is 0 Å². The van der Waals surface area contributed by atoms with Crippen molar-refractivity contribution in [3.05, 3.63) is 29.8 Å². The molecule has 3 heteroatoms. The smallest absolute Gasteiger partial charge is 0.119 e. The fraction of sp³-hybridized carbons (Fsp3) is 0.667. The number of rotatable bonds is 6. The van der Waals surface area contributed by atoms with Gasteiger partial charge in [0.15, 0.2) is 0 Å². The summed E-state index contributed by atoms with van der Waals surface area (Å²) in [5.74, 6) is 1.33. The molecule has 0 radical (unpaired) electrons. The summed E-state index contributed by atoms with van der Waals surface area (Å²) in [5, 5.41) is 13.6. The second-order valence-corrected chi connectivity index (χ2v) is 6.48. The summed E-state index contributed by atoms with van der Waals surface area (Å²) in [4.78, 5) is 0. The van der Waals surface area contributed by atoms with Crippen LogP contribution in [-0.4, -0.2) is 23.9 Å². The van der Waals surface area contributed by atoms with Gasteiger partial charge in [-0.2, -0.15) is 0 Å². The predicted octanol–water partition coefficient (Wildman–Crippen LogP) is 3.68. The molecule has 3 atom stereocenters. The lowest BCUT2D eigenvalue weighted by atomic mass is 9.86. The van der Waals surface area contributed by atoms with E-state index in [9.17, 15) is 5.11 Å². The van der Waals surface area contributed by atoms with Gasteiger partial charge in [0.05, 0.1) is 12.2 Å². The van der Waals surface area contributed by atoms with Crippen LogP contribution in [0.5, 0.6) is 5.75 Å². The monoisotopic (exact) mass is 291 g/mol. The molecule has 0 heterocycles. The molecular formula is C18H29NO2. The minimum absolute atomic E-state index is 0.125. The van der Waals surface area contributed by atoms with E-state index in [1.807, 2.05) is 26.0 Å². The molecule has 21 heavy (non-hydrogen) atoms. The zero-order valence-electron chi connectivity index (χ0n) is 13.5. The summed E-state index contributed by atoms with van der Waals surface area (Å²) in [5.41, 5.74) is 1.26. The third kappa shape index (κ3) is 5.01. The summed E-state index contributed by atoms with van der Waals surface area (Å²) in [6, 6.07) is 8.60. The number of hydrogen-bond acceptors (Lipinski definition) is 3. The molecule has 1 saturated carbocycles. The average molecular weight is 291 g/mol. The Morgan fingerprint density at radius 3 is 2.43 bits per heavy atom. The molecule has 1 fully saturated rings. The van der Waals surface area contributed by atoms with Gasteiger partial charge in [0.1, 0.15) is 5.75 Å². The van der Waals surface area contributed by atoms with Crippen LogP contribution in [0.4, 0.5) is 0 Å². The molecule has 0 aliphatic heterocycles. The molecular weight excluding hydrogens is 262 g/mol. The van der Waals surface area contributed by atoms with Crippen LogP contribution < -0.4 is 10.1 Å². The van der Waals surface area contributed by atoms with Crippen molar-refractivity contribution < 1.29 is 9.84 Å². The Morgan fingerprint density at radius 1 is 1.14 bits per heavy atom. The molecule has 0 bridgehead atoms. The molecule has 3 unspecified atom stereocenters. The zero-order valence-corrected chi connectivity index (χ0v) is 13.5. The van der Waals surface area contributed by atoms with Gasteiger partial charge in [-0.25, -0.2) is 0 Å². The topological polar surface area (TPSA) is 41.5 Å². The van der Waals surface area contributed by atoms with Crippen LogP contribution in [0, 0.1) is 5.92 Å². The maximum Gasteiger partial charge on any atom is 0.119 e. The molecule has 2 N–H and O–H groups in total. The van der Waals surface area contributed by atoms with E-state index in [2.05, 4.69) is 24.4 Å². The van der Waals surface area contributed by atoms with Gasteiger partial charge in [-0.3, -0.25) is 0 Å². The van der Waals surface area contributed by atoms with Crippen molar-refractivity contribution in [2.75, 3.05) is 6.54 Å². The molecule has 0 aromatic heterocycles. The Labute approximate surface area is 128 Å². The van der Waals surface area contributed by atoms with Crippen LogP contribution in [0.2, 0.25) is 0 Å². The fourth-order valence-electron chi connectivity index (χ4n) is 2.98. The van der Waals surface area contributed by atoms with E-state index in [1.165, 1.54) is 18.4 Å². The second-order valence-electron chi connectivity index (χ2n) is 6.48. The van der Waals surface area contributed by atoms with E-state index in [4.69, 9.17) is 4.74 Å². The van der Waals surface area contributed by atoms with Crippen LogP contribution in [0.1, 0.15) is 58.1 Å². The third-order valence-electron chi connectivity index (χ3n) is 4.31. The van der Waals surface area contributed by atoms with Crippen LogP contribution in [0.3, 0.4) is 0 Å². The van der Waals surface area contributed by atoms with Crippen molar-refractivity contribution in [1.82, 2.24) is 5.32 Å². The van der Waals surface area contributed by atoms with Gasteiger partial charge >= 0.3 is 0 Å². The first-order valence-corrected chi connectivity index (χ1v) is 8.24. The second kappa shape index (κ2) is 7.81. The Morgan fingerprint density at radius 2 is 1.81 bits per heavy atom. The largest absolute Gasteiger partial charge is 0.491 e. The van der Waals surface area contributed by atoms with Gasteiger partial charge in [-0.15, -0.1) is 0 Å². The Bertz CT molecular complexity index is 416. The lowest BCUT2D eigenvalue weighted by Gasteiger charge is -2.29. The molecule has 1 aliphatic rings. The number of aliphatic hydroxyl groups excluding tert-OH is 1. The first kappa shape index (κ1) is 16.3. The van der Waals surface area contributed by atoms with Crippen LogP contribution in [0.25, 0.3) is 0 Å². The van der Waals surface area contributed by atoms with Crippen molar-refractivity contribution in [3.8, 4) is 5.75 Å². The Balaban J connectivity index is 1.83. The maximum absolute atomic E-state index is 10.0. The first-order chi connectivity index (χ1) is 10.1. The highest BCUT2D eigenvalue weighted by molar-refractivity contribution is 5.29. The quantitative estimate of drug-likeness (QED) is 0.840. The lowest BCUT2D eigenvalue weighted by Crippen LogP contribution is -2.34. The van der Waals surface area contributed by atoms with Crippen molar-refractivity contribution >= 4 is 0 Å². The van der Waals surface area contributed by atoms with Crippen molar-refractivity contribution in [3.63, 3.8) is 0 Å². The molecule has 3 nitrogen and oxygen atoms in total. The van der Waals surface area contributed by atoms with E-state index in [-0.39, 0.29) is 12.2 Å². The Kier molecular flexibility index (Phi) is 6.07. The van der Waals surface area contributed by atoms with Gasteiger partial charge in [0.2, 0.25) is 0 Å². The van der Waals surface area contributed by atoms with E-state index < -0.39 is 0 Å². The molecule has 1 aromatic rings. The number of hydrogen-bond donors (Lipinski definition) is 2. The van der Waals surface area contributed by atoms with Crippen molar-refractivity contribution in [2.45, 2.75) is 64.7 Å². The fourth-order valence-corrected chi connectivity index (χ4v) is 2.98. The standard InChI is InChI=1S/C18H29NO2/c1-13(2)21-17-10-8-15(9-11-17)14(3)19-12-16-6-4-5-7-18(16)20/h8-11,13-14,16,18-20H,4-7,12H2,1-3H3. The summed E-state index contributed by atoms with van der Waals surface area (Å²) in [6.45, 7) is 7.14. The number of aliphatic hydroxyl groups is 1. The van der Waals surface area contributed by atoms with Crippen LogP contribution >= 0.6 is 0 Å². The molecule has 0 spiro atoms. The van der Waals surface area contributed by atoms with E-state index >= 15 is 0 Å². The zero-order chi connectivity index (χ0) is 15.2. The molecule has 0 saturated heterocycles. The minimum Gasteiger partial charge on any atom is -0.491 e. The highest BCUT2D eigenvalue weighted by atomic mass is 16.5. The van der Waals surface area contributed by atoms with E-state index in [0.29, 0.717) is 12.0 Å². The highest BCUT2D eigenvalue weighted by Gasteiger charge is 2.23. The number of nitrogens with one attached hydrogen (secondary N) is 1. The van der Waals surface area contributed by atoms with Crippen molar-refractivity contribution in [1.29, 1.82) is 0 Å². The molecule has 0 amide bonds. The van der Waals surface area contributed by atoms with E-state index in [0.717, 1.165) is 25.1 Å². The van der Waals surface area contributed by atoms with Gasteiger partial charge in [-0.1, -0.05) is 25.0 Å². The van der Waals surface area contributed by atoms with Gasteiger partial charge < -0.3 is 15.2 Å². The Hall–Kier alpha value is -1.06. The third-order valence-corrected chi connectivity index (χ3v) is 4.31. The van der Waals surface area contributed by atoms with Crippen LogP contribution in [0.15, 0.2) is 24.3 Å². The van der Waals surface area contributed by atoms with Gasteiger partial charge in [0, 0.05) is 12.6 Å². The van der Waals surface area contributed by atoms with Gasteiger partial charge in [0.25, 0.3) is 0 Å². The summed E-state index contributed by atoms with van der Waals surface area (Å²) in [7, 11) is 0. The summed E-state index contributed by atoms with van der Waals surface area (Å²) >= 11 is 0. The maximum atomic E-state index is 10.0. The van der Waals surface area contributed by atoms with Crippen LogP contribution in [-0.2, 0) is 0 Å². The normalized spacial score (nSPS) is 24.0. The molecule has 1 aliphatic carbocycles. The molecule has 118 valence electrons. The number of ether oxygens (including phenoxy) is 1. The number of benzene rings is 1. The SMILES string of the molecule is CC(C)Oc1ccc(C(C)NCC2CCCCC2O)cc1. The van der Waals surface area contributed by atoms with Gasteiger partial charge in [-0.05, 0) is 57.2 Å².